The van der Waals surface area contributed by atoms with Crippen molar-refractivity contribution in [3.63, 3.8) is 0 Å². The molecule has 0 radical (unpaired) electrons. The standard InChI is InChI=1S/C17H20N2O6S/c1-11-10-26(21,22)5-4-19(11)18-9-13-6-12-7-15(23-2)16(24-3)8-14(12)25-17(13)20/h6-9,11H,4-5,10H2,1-3H3. The predicted molar refractivity (Wildman–Crippen MR) is 98.0 cm³/mol. The molecule has 3 rings (SSSR count). The quantitative estimate of drug-likeness (QED) is 0.582. The number of hydrazone groups is 1. The van der Waals surface area contributed by atoms with Crippen LogP contribution in [0.5, 0.6) is 11.5 Å². The number of nitrogens with zero attached hydrogens (tertiary/aromatic N) is 2. The van der Waals surface area contributed by atoms with Gasteiger partial charge in [-0.1, -0.05) is 0 Å². The van der Waals surface area contributed by atoms with E-state index < -0.39 is 15.5 Å². The van der Waals surface area contributed by atoms with E-state index in [0.717, 1.165) is 0 Å². The van der Waals surface area contributed by atoms with Crippen molar-refractivity contribution in [1.82, 2.24) is 5.01 Å². The lowest BCUT2D eigenvalue weighted by Gasteiger charge is -2.30. The van der Waals surface area contributed by atoms with Crippen molar-refractivity contribution < 1.29 is 22.3 Å². The largest absolute Gasteiger partial charge is 0.493 e. The van der Waals surface area contributed by atoms with Gasteiger partial charge in [-0.2, -0.15) is 5.10 Å². The summed E-state index contributed by atoms with van der Waals surface area (Å²) in [5.74, 6) is 1.09. The Morgan fingerprint density at radius 3 is 2.58 bits per heavy atom. The highest BCUT2D eigenvalue weighted by Crippen LogP contribution is 2.31. The molecule has 1 aromatic heterocycles. The van der Waals surface area contributed by atoms with E-state index in [9.17, 15) is 13.2 Å². The molecule has 0 N–H and O–H groups in total. The molecule has 2 aromatic rings. The predicted octanol–water partition coefficient (Wildman–Crippen LogP) is 1.26. The number of sulfone groups is 1. The molecule has 0 saturated carbocycles. The monoisotopic (exact) mass is 380 g/mol. The normalized spacial score (nSPS) is 19.8. The van der Waals surface area contributed by atoms with Gasteiger partial charge in [0.25, 0.3) is 0 Å². The Hall–Kier alpha value is -2.55. The summed E-state index contributed by atoms with van der Waals surface area (Å²) < 4.78 is 39.1. The molecule has 1 unspecified atom stereocenters. The van der Waals surface area contributed by atoms with Crippen LogP contribution in [-0.2, 0) is 9.84 Å². The van der Waals surface area contributed by atoms with Gasteiger partial charge in [-0.05, 0) is 19.1 Å². The summed E-state index contributed by atoms with van der Waals surface area (Å²) in [4.78, 5) is 12.2. The SMILES string of the molecule is COc1cc2cc(C=NN3CCS(=O)(=O)CC3C)c(=O)oc2cc1OC. The van der Waals surface area contributed by atoms with Crippen LogP contribution in [0.3, 0.4) is 0 Å². The average Bonchev–Trinajstić information content (AvgIpc) is 2.59. The summed E-state index contributed by atoms with van der Waals surface area (Å²) in [6.07, 6.45) is 1.40. The second kappa shape index (κ2) is 6.99. The van der Waals surface area contributed by atoms with E-state index in [4.69, 9.17) is 13.9 Å². The molecular weight excluding hydrogens is 360 g/mol. The lowest BCUT2D eigenvalue weighted by atomic mass is 10.1. The number of benzene rings is 1. The number of fused-ring (bicyclic) bond motifs is 1. The first-order valence-corrected chi connectivity index (χ1v) is 9.86. The summed E-state index contributed by atoms with van der Waals surface area (Å²) in [6, 6.07) is 4.71. The van der Waals surface area contributed by atoms with E-state index in [1.807, 2.05) is 0 Å². The van der Waals surface area contributed by atoms with E-state index in [0.29, 0.717) is 29.0 Å². The molecule has 8 nitrogen and oxygen atoms in total. The van der Waals surface area contributed by atoms with Gasteiger partial charge in [-0.25, -0.2) is 13.2 Å². The van der Waals surface area contributed by atoms with Gasteiger partial charge in [-0.3, -0.25) is 5.01 Å². The molecule has 1 saturated heterocycles. The van der Waals surface area contributed by atoms with Gasteiger partial charge in [0.15, 0.2) is 21.3 Å². The number of hydrogen-bond acceptors (Lipinski definition) is 8. The molecule has 1 atom stereocenters. The summed E-state index contributed by atoms with van der Waals surface area (Å²) in [5, 5.41) is 6.60. The number of methoxy groups -OCH3 is 2. The van der Waals surface area contributed by atoms with E-state index in [1.54, 1.807) is 30.1 Å². The van der Waals surface area contributed by atoms with Crippen molar-refractivity contribution in [3.8, 4) is 11.5 Å². The maximum Gasteiger partial charge on any atom is 0.345 e. The molecule has 26 heavy (non-hydrogen) atoms. The Labute approximate surface area is 150 Å². The molecule has 0 bridgehead atoms. The minimum Gasteiger partial charge on any atom is -0.493 e. The number of ether oxygens (including phenoxy) is 2. The van der Waals surface area contributed by atoms with Gasteiger partial charge >= 0.3 is 5.63 Å². The third-order valence-corrected chi connectivity index (χ3v) is 6.04. The van der Waals surface area contributed by atoms with Crippen molar-refractivity contribution in [1.29, 1.82) is 0 Å². The first kappa shape index (κ1) is 18.2. The molecule has 2 heterocycles. The van der Waals surface area contributed by atoms with Crippen LogP contribution in [0.15, 0.2) is 32.5 Å². The van der Waals surface area contributed by atoms with Gasteiger partial charge in [0.2, 0.25) is 0 Å². The third kappa shape index (κ3) is 3.67. The van der Waals surface area contributed by atoms with E-state index >= 15 is 0 Å². The van der Waals surface area contributed by atoms with Crippen LogP contribution in [0.2, 0.25) is 0 Å². The average molecular weight is 380 g/mol. The first-order chi connectivity index (χ1) is 12.3. The van der Waals surface area contributed by atoms with Crippen LogP contribution >= 0.6 is 0 Å². The molecule has 0 amide bonds. The van der Waals surface area contributed by atoms with Crippen molar-refractivity contribution in [2.75, 3.05) is 32.3 Å². The van der Waals surface area contributed by atoms with Crippen molar-refractivity contribution in [2.45, 2.75) is 13.0 Å². The molecular formula is C17H20N2O6S. The second-order valence-electron chi connectivity index (χ2n) is 6.11. The van der Waals surface area contributed by atoms with Crippen molar-refractivity contribution >= 4 is 27.0 Å². The van der Waals surface area contributed by atoms with Gasteiger partial charge in [0.1, 0.15) is 5.58 Å². The molecule has 1 aromatic carbocycles. The number of rotatable bonds is 4. The van der Waals surface area contributed by atoms with E-state index in [2.05, 4.69) is 5.10 Å². The molecule has 1 aliphatic rings. The lowest BCUT2D eigenvalue weighted by Crippen LogP contribution is -2.43. The Kier molecular flexibility index (Phi) is 4.90. The Bertz CT molecular complexity index is 1010. The third-order valence-electron chi connectivity index (χ3n) is 4.25. The second-order valence-corrected chi connectivity index (χ2v) is 8.33. The Morgan fingerprint density at radius 2 is 1.92 bits per heavy atom. The van der Waals surface area contributed by atoms with E-state index in [-0.39, 0.29) is 23.1 Å². The first-order valence-electron chi connectivity index (χ1n) is 8.04. The summed E-state index contributed by atoms with van der Waals surface area (Å²) in [6.45, 7) is 2.08. The van der Waals surface area contributed by atoms with Gasteiger partial charge < -0.3 is 13.9 Å². The van der Waals surface area contributed by atoms with Crippen LogP contribution in [0.4, 0.5) is 0 Å². The molecule has 1 fully saturated rings. The zero-order valence-corrected chi connectivity index (χ0v) is 15.6. The zero-order chi connectivity index (χ0) is 18.9. The summed E-state index contributed by atoms with van der Waals surface area (Å²) in [5.41, 5.74) is 0.110. The van der Waals surface area contributed by atoms with Gasteiger partial charge in [0.05, 0.1) is 50.1 Å². The zero-order valence-electron chi connectivity index (χ0n) is 14.8. The fourth-order valence-electron chi connectivity index (χ4n) is 2.85. The minimum absolute atomic E-state index is 0.0493. The Morgan fingerprint density at radius 1 is 1.23 bits per heavy atom. The molecule has 9 heteroatoms. The minimum atomic E-state index is -3.02. The maximum absolute atomic E-state index is 12.2. The van der Waals surface area contributed by atoms with Gasteiger partial charge in [-0.15, -0.1) is 0 Å². The molecule has 0 aliphatic carbocycles. The fourth-order valence-corrected chi connectivity index (χ4v) is 4.39. The fraction of sp³-hybridized carbons (Fsp3) is 0.412. The highest BCUT2D eigenvalue weighted by Gasteiger charge is 2.27. The van der Waals surface area contributed by atoms with Crippen LogP contribution in [-0.4, -0.2) is 58.0 Å². The number of hydrogen-bond donors (Lipinski definition) is 0. The van der Waals surface area contributed by atoms with Crippen LogP contribution in [0.25, 0.3) is 11.0 Å². The van der Waals surface area contributed by atoms with Crippen LogP contribution in [0, 0.1) is 0 Å². The molecule has 0 spiro atoms. The topological polar surface area (TPSA) is 98.4 Å². The maximum atomic E-state index is 12.2. The highest BCUT2D eigenvalue weighted by molar-refractivity contribution is 7.91. The van der Waals surface area contributed by atoms with Crippen LogP contribution in [0.1, 0.15) is 12.5 Å². The molecule has 1 aliphatic heterocycles. The summed E-state index contributed by atoms with van der Waals surface area (Å²) in [7, 11) is 0.00686. The van der Waals surface area contributed by atoms with Gasteiger partial charge in [0, 0.05) is 11.5 Å². The Balaban J connectivity index is 1.93. The van der Waals surface area contributed by atoms with Crippen molar-refractivity contribution in [3.05, 3.63) is 34.2 Å². The van der Waals surface area contributed by atoms with E-state index in [1.165, 1.54) is 20.4 Å². The molecule has 140 valence electrons. The van der Waals surface area contributed by atoms with Crippen molar-refractivity contribution in [2.24, 2.45) is 5.10 Å². The lowest BCUT2D eigenvalue weighted by molar-refractivity contribution is 0.239. The smallest absolute Gasteiger partial charge is 0.345 e. The highest BCUT2D eigenvalue weighted by atomic mass is 32.2. The summed E-state index contributed by atoms with van der Waals surface area (Å²) >= 11 is 0. The van der Waals surface area contributed by atoms with Crippen LogP contribution < -0.4 is 15.1 Å².